The van der Waals surface area contributed by atoms with Crippen molar-refractivity contribution in [3.8, 4) is 40.1 Å². The van der Waals surface area contributed by atoms with Crippen molar-refractivity contribution < 1.29 is 27.4 Å². The predicted octanol–water partition coefficient (Wildman–Crippen LogP) is 5.33. The van der Waals surface area contributed by atoms with E-state index in [9.17, 15) is 8.42 Å². The van der Waals surface area contributed by atoms with Gasteiger partial charge in [-0.05, 0) is 56.3 Å². The number of sulfonamides is 1. The molecule has 0 N–H and O–H groups in total. The average Bonchev–Trinajstić information content (AvgIpc) is 3.39. The average molecular weight is 555 g/mol. The number of fused-ring (bicyclic) bond motifs is 1. The van der Waals surface area contributed by atoms with Gasteiger partial charge in [-0.1, -0.05) is 29.8 Å². The minimum atomic E-state index is -4.19. The number of hydrogen-bond donors (Lipinski definition) is 0. The van der Waals surface area contributed by atoms with E-state index in [2.05, 4.69) is 15.0 Å². The Labute approximate surface area is 224 Å². The summed E-state index contributed by atoms with van der Waals surface area (Å²) in [6.07, 6.45) is 1.41. The molecule has 5 rings (SSSR count). The molecule has 0 atom stereocenters. The summed E-state index contributed by atoms with van der Waals surface area (Å²) >= 11 is 6.68. The molecule has 0 spiro atoms. The number of benzene rings is 2. The third-order valence-electron chi connectivity index (χ3n) is 5.56. The standard InChI is InChI=1S/C26H23ClN4O6S/c1-16(2)31(38(32,33)22-10-6-7-13-28-22)26-23(37-20-9-5-4-8-18(20)34-3)24(27)29-25(30-26)17-11-12-19-21(14-17)36-15-35-19/h4-14,16H,15H2,1-3H3. The van der Waals surface area contributed by atoms with Crippen molar-refractivity contribution in [2.24, 2.45) is 0 Å². The summed E-state index contributed by atoms with van der Waals surface area (Å²) in [4.78, 5) is 13.2. The van der Waals surface area contributed by atoms with Gasteiger partial charge in [0.2, 0.25) is 12.5 Å². The zero-order valence-corrected chi connectivity index (χ0v) is 22.2. The van der Waals surface area contributed by atoms with Gasteiger partial charge in [-0.15, -0.1) is 0 Å². The van der Waals surface area contributed by atoms with Crippen molar-refractivity contribution in [2.75, 3.05) is 18.2 Å². The fraction of sp³-hybridized carbons (Fsp3) is 0.192. The molecule has 0 saturated carbocycles. The number of methoxy groups -OCH3 is 1. The van der Waals surface area contributed by atoms with Gasteiger partial charge >= 0.3 is 0 Å². The molecule has 38 heavy (non-hydrogen) atoms. The molecule has 2 aromatic heterocycles. The number of aromatic nitrogens is 3. The molecular weight excluding hydrogens is 532 g/mol. The van der Waals surface area contributed by atoms with E-state index >= 15 is 0 Å². The lowest BCUT2D eigenvalue weighted by molar-refractivity contribution is 0.174. The summed E-state index contributed by atoms with van der Waals surface area (Å²) in [6, 6.07) is 16.1. The SMILES string of the molecule is COc1ccccc1Oc1c(Cl)nc(-c2ccc3c(c2)OCO3)nc1N(C(C)C)S(=O)(=O)c1ccccn1. The highest BCUT2D eigenvalue weighted by Crippen LogP contribution is 2.43. The number of halogens is 1. The van der Waals surface area contributed by atoms with Gasteiger partial charge in [0, 0.05) is 17.8 Å². The molecule has 2 aromatic carbocycles. The maximum absolute atomic E-state index is 13.9. The predicted molar refractivity (Wildman–Crippen MR) is 141 cm³/mol. The first-order chi connectivity index (χ1) is 18.3. The minimum absolute atomic E-state index is 0.0612. The van der Waals surface area contributed by atoms with Gasteiger partial charge in [0.25, 0.3) is 10.0 Å². The molecule has 0 saturated heterocycles. The Morgan fingerprint density at radius 3 is 2.42 bits per heavy atom. The maximum Gasteiger partial charge on any atom is 0.283 e. The van der Waals surface area contributed by atoms with Crippen LogP contribution in [-0.4, -0.2) is 43.3 Å². The molecule has 10 nitrogen and oxygen atoms in total. The van der Waals surface area contributed by atoms with Crippen LogP contribution in [0.1, 0.15) is 13.8 Å². The van der Waals surface area contributed by atoms with Gasteiger partial charge in [0.1, 0.15) is 0 Å². The monoisotopic (exact) mass is 554 g/mol. The highest BCUT2D eigenvalue weighted by molar-refractivity contribution is 7.92. The second-order valence-electron chi connectivity index (χ2n) is 8.37. The van der Waals surface area contributed by atoms with Gasteiger partial charge in [-0.2, -0.15) is 8.42 Å². The van der Waals surface area contributed by atoms with E-state index in [0.717, 1.165) is 4.31 Å². The molecule has 0 radical (unpaired) electrons. The number of para-hydroxylation sites is 2. The molecule has 3 heterocycles. The topological polar surface area (TPSA) is 113 Å². The summed E-state index contributed by atoms with van der Waals surface area (Å²) in [5.41, 5.74) is 0.542. The second-order valence-corrected chi connectivity index (χ2v) is 10.5. The maximum atomic E-state index is 13.9. The molecule has 1 aliphatic heterocycles. The number of ether oxygens (including phenoxy) is 4. The van der Waals surface area contributed by atoms with E-state index in [1.165, 1.54) is 19.4 Å². The molecule has 12 heteroatoms. The van der Waals surface area contributed by atoms with Gasteiger partial charge in [0.05, 0.1) is 7.11 Å². The van der Waals surface area contributed by atoms with Crippen LogP contribution in [0.5, 0.6) is 28.7 Å². The van der Waals surface area contributed by atoms with Crippen molar-refractivity contribution in [3.05, 3.63) is 72.0 Å². The first-order valence-corrected chi connectivity index (χ1v) is 13.4. The Hall–Kier alpha value is -4.09. The zero-order chi connectivity index (χ0) is 26.9. The van der Waals surface area contributed by atoms with Crippen LogP contribution in [0.2, 0.25) is 5.15 Å². The summed E-state index contributed by atoms with van der Waals surface area (Å²) in [6.45, 7) is 3.52. The van der Waals surface area contributed by atoms with Crippen LogP contribution in [-0.2, 0) is 10.0 Å². The normalized spacial score (nSPS) is 12.4. The molecule has 1 aliphatic rings. The Balaban J connectivity index is 1.72. The van der Waals surface area contributed by atoms with Crippen molar-refractivity contribution in [2.45, 2.75) is 24.9 Å². The molecular formula is C26H23ClN4O6S. The van der Waals surface area contributed by atoms with Gasteiger partial charge in [-0.3, -0.25) is 0 Å². The number of anilines is 1. The van der Waals surface area contributed by atoms with Crippen LogP contribution >= 0.6 is 11.6 Å². The van der Waals surface area contributed by atoms with Gasteiger partial charge < -0.3 is 18.9 Å². The number of rotatable bonds is 8. The van der Waals surface area contributed by atoms with Crippen LogP contribution < -0.4 is 23.3 Å². The second kappa shape index (κ2) is 10.3. The van der Waals surface area contributed by atoms with Crippen molar-refractivity contribution in [1.29, 1.82) is 0 Å². The summed E-state index contributed by atoms with van der Waals surface area (Å²) in [5.74, 6) is 1.85. The summed E-state index contributed by atoms with van der Waals surface area (Å²) in [7, 11) is -2.70. The lowest BCUT2D eigenvalue weighted by Gasteiger charge is -2.28. The summed E-state index contributed by atoms with van der Waals surface area (Å²) < 4.78 is 51.2. The fourth-order valence-electron chi connectivity index (χ4n) is 3.86. The Kier molecular flexibility index (Phi) is 6.96. The molecule has 0 fully saturated rings. The minimum Gasteiger partial charge on any atom is -0.493 e. The highest BCUT2D eigenvalue weighted by atomic mass is 35.5. The van der Waals surface area contributed by atoms with Crippen molar-refractivity contribution >= 4 is 27.4 Å². The molecule has 0 unspecified atom stereocenters. The van der Waals surface area contributed by atoms with E-state index in [0.29, 0.717) is 28.6 Å². The number of nitrogens with zero attached hydrogens (tertiary/aromatic N) is 4. The third kappa shape index (κ3) is 4.77. The van der Waals surface area contributed by atoms with Crippen LogP contribution in [0.25, 0.3) is 11.4 Å². The highest BCUT2D eigenvalue weighted by Gasteiger charge is 2.34. The summed E-state index contributed by atoms with van der Waals surface area (Å²) in [5, 5.41) is -0.258. The molecule has 0 bridgehead atoms. The van der Waals surface area contributed by atoms with E-state index in [1.54, 1.807) is 68.4 Å². The lowest BCUT2D eigenvalue weighted by atomic mass is 10.2. The van der Waals surface area contributed by atoms with Crippen LogP contribution in [0.3, 0.4) is 0 Å². The lowest BCUT2D eigenvalue weighted by Crippen LogP contribution is -2.38. The molecule has 0 amide bonds. The Morgan fingerprint density at radius 2 is 1.71 bits per heavy atom. The first-order valence-electron chi connectivity index (χ1n) is 11.5. The largest absolute Gasteiger partial charge is 0.493 e. The third-order valence-corrected chi connectivity index (χ3v) is 7.70. The van der Waals surface area contributed by atoms with Crippen LogP contribution in [0.15, 0.2) is 71.9 Å². The van der Waals surface area contributed by atoms with Crippen LogP contribution in [0, 0.1) is 0 Å². The quantitative estimate of drug-likeness (QED) is 0.267. The molecule has 4 aromatic rings. The van der Waals surface area contributed by atoms with Crippen molar-refractivity contribution in [1.82, 2.24) is 15.0 Å². The Morgan fingerprint density at radius 1 is 0.974 bits per heavy atom. The molecule has 196 valence electrons. The van der Waals surface area contributed by atoms with Gasteiger partial charge in [-0.25, -0.2) is 19.3 Å². The Bertz CT molecular complexity index is 1580. The van der Waals surface area contributed by atoms with Gasteiger partial charge in [0.15, 0.2) is 44.8 Å². The van der Waals surface area contributed by atoms with E-state index in [4.69, 9.17) is 30.5 Å². The smallest absolute Gasteiger partial charge is 0.283 e. The van der Waals surface area contributed by atoms with Crippen LogP contribution in [0.4, 0.5) is 5.82 Å². The van der Waals surface area contributed by atoms with E-state index < -0.39 is 16.1 Å². The van der Waals surface area contributed by atoms with E-state index in [-0.39, 0.29) is 34.4 Å². The zero-order valence-electron chi connectivity index (χ0n) is 20.7. The van der Waals surface area contributed by atoms with E-state index in [1.807, 2.05) is 0 Å². The number of hydrogen-bond acceptors (Lipinski definition) is 9. The van der Waals surface area contributed by atoms with Crippen molar-refractivity contribution in [3.63, 3.8) is 0 Å². The molecule has 0 aliphatic carbocycles. The number of pyridine rings is 1. The fourth-order valence-corrected chi connectivity index (χ4v) is 5.62. The first kappa shape index (κ1) is 25.6.